The van der Waals surface area contributed by atoms with Crippen LogP contribution in [0.4, 0.5) is 14.6 Å². The largest absolute Gasteiger partial charge is 0.356 e. The SMILES string of the molecule is Cn1nc(N2CC(C(=O)NCCC[C@H](NC(=O)C3CC3)C3C=CC(Cl)=CC3)[C@H](c3ccc(F)cc3F)C2)ccc1=O. The van der Waals surface area contributed by atoms with E-state index >= 15 is 0 Å². The first-order valence-electron chi connectivity index (χ1n) is 14.1. The highest BCUT2D eigenvalue weighted by atomic mass is 35.5. The molecule has 2 fully saturated rings. The van der Waals surface area contributed by atoms with Gasteiger partial charge in [-0.05, 0) is 55.9 Å². The van der Waals surface area contributed by atoms with Crippen LogP contribution in [0.25, 0.3) is 0 Å². The van der Waals surface area contributed by atoms with Crippen molar-refractivity contribution >= 4 is 29.2 Å². The predicted molar refractivity (Wildman–Crippen MR) is 152 cm³/mol. The zero-order valence-electron chi connectivity index (χ0n) is 22.9. The van der Waals surface area contributed by atoms with E-state index in [1.54, 1.807) is 6.07 Å². The van der Waals surface area contributed by atoms with Gasteiger partial charge in [-0.15, -0.1) is 0 Å². The van der Waals surface area contributed by atoms with Gasteiger partial charge >= 0.3 is 0 Å². The molecule has 0 spiro atoms. The summed E-state index contributed by atoms with van der Waals surface area (Å²) in [5, 5.41) is 11.2. The third-order valence-corrected chi connectivity index (χ3v) is 8.44. The summed E-state index contributed by atoms with van der Waals surface area (Å²) in [6, 6.07) is 6.31. The van der Waals surface area contributed by atoms with E-state index in [-0.39, 0.29) is 53.9 Å². The number of rotatable bonds is 10. The number of allylic oxidation sites excluding steroid dienone is 3. The Hall–Kier alpha value is -3.53. The number of hydrogen-bond acceptors (Lipinski definition) is 5. The number of nitrogens with zero attached hydrogens (tertiary/aromatic N) is 3. The molecule has 0 radical (unpaired) electrons. The van der Waals surface area contributed by atoms with Crippen LogP contribution in [0.5, 0.6) is 0 Å². The summed E-state index contributed by atoms with van der Waals surface area (Å²) in [5.74, 6) is -1.98. The summed E-state index contributed by atoms with van der Waals surface area (Å²) in [4.78, 5) is 39.6. The number of halogens is 3. The highest BCUT2D eigenvalue weighted by Gasteiger charge is 2.40. The molecular weight excluding hydrogens is 552 g/mol. The Morgan fingerprint density at radius 3 is 2.63 bits per heavy atom. The van der Waals surface area contributed by atoms with Crippen molar-refractivity contribution < 1.29 is 18.4 Å². The molecule has 2 heterocycles. The summed E-state index contributed by atoms with van der Waals surface area (Å²) in [7, 11) is 1.54. The zero-order chi connectivity index (χ0) is 29.1. The molecule has 218 valence electrons. The van der Waals surface area contributed by atoms with Crippen molar-refractivity contribution in [1.82, 2.24) is 20.4 Å². The number of nitrogens with one attached hydrogen (secondary N) is 2. The van der Waals surface area contributed by atoms with E-state index in [4.69, 9.17) is 11.6 Å². The van der Waals surface area contributed by atoms with Crippen molar-refractivity contribution in [2.75, 3.05) is 24.5 Å². The van der Waals surface area contributed by atoms with Crippen LogP contribution in [0.15, 0.2) is 58.4 Å². The number of aromatic nitrogens is 2. The zero-order valence-corrected chi connectivity index (χ0v) is 23.6. The monoisotopic (exact) mass is 585 g/mol. The Kier molecular flexibility index (Phi) is 8.87. The minimum atomic E-state index is -0.702. The highest BCUT2D eigenvalue weighted by Crippen LogP contribution is 2.36. The average Bonchev–Trinajstić information content (AvgIpc) is 3.71. The van der Waals surface area contributed by atoms with Gasteiger partial charge in [-0.25, -0.2) is 13.5 Å². The minimum absolute atomic E-state index is 0.0731. The van der Waals surface area contributed by atoms with Gasteiger partial charge < -0.3 is 15.5 Å². The fourth-order valence-corrected chi connectivity index (χ4v) is 5.81. The first kappa shape index (κ1) is 29.0. The Labute approximate surface area is 242 Å². The van der Waals surface area contributed by atoms with Crippen molar-refractivity contribution in [3.63, 3.8) is 0 Å². The van der Waals surface area contributed by atoms with Gasteiger partial charge in [-0.2, -0.15) is 5.10 Å². The molecule has 4 atom stereocenters. The average molecular weight is 586 g/mol. The molecule has 5 rings (SSSR count). The summed E-state index contributed by atoms with van der Waals surface area (Å²) in [5.41, 5.74) is -0.00430. The van der Waals surface area contributed by atoms with Gasteiger partial charge in [0.15, 0.2) is 0 Å². The summed E-state index contributed by atoms with van der Waals surface area (Å²) < 4.78 is 29.7. The van der Waals surface area contributed by atoms with Gasteiger partial charge in [0.25, 0.3) is 5.56 Å². The number of carbonyl (C=O) groups is 2. The molecule has 2 aliphatic carbocycles. The Balaban J connectivity index is 1.24. The molecule has 2 unspecified atom stereocenters. The molecule has 11 heteroatoms. The molecule has 2 amide bonds. The maximum Gasteiger partial charge on any atom is 0.266 e. The van der Waals surface area contributed by atoms with E-state index in [9.17, 15) is 23.2 Å². The van der Waals surface area contributed by atoms with Gasteiger partial charge in [0.1, 0.15) is 17.5 Å². The molecule has 2 N–H and O–H groups in total. The molecule has 41 heavy (non-hydrogen) atoms. The maximum atomic E-state index is 14.8. The summed E-state index contributed by atoms with van der Waals surface area (Å²) in [6.45, 7) is 0.929. The van der Waals surface area contributed by atoms with E-state index in [2.05, 4.69) is 15.7 Å². The Morgan fingerprint density at radius 1 is 1.15 bits per heavy atom. The third-order valence-electron chi connectivity index (χ3n) is 8.16. The number of benzene rings is 1. The quantitative estimate of drug-likeness (QED) is 0.414. The highest BCUT2D eigenvalue weighted by molar-refractivity contribution is 6.31. The number of amides is 2. The molecule has 3 aliphatic rings. The molecule has 1 saturated carbocycles. The van der Waals surface area contributed by atoms with Gasteiger partial charge in [0.2, 0.25) is 11.8 Å². The standard InChI is InChI=1S/C30H34ClF2N5O3/c1-37-28(39)13-12-27(36-37)38-16-23(22-11-10-21(32)15-25(22)33)24(17-38)30(41)34-14-2-3-26(35-29(40)19-4-5-19)18-6-8-20(31)9-7-18/h6,8-13,15,18-19,23-24,26H,2-5,7,14,16-17H2,1H3,(H,34,41)(H,35,40)/t18?,23-,24?,26-/m0/s1. The van der Waals surface area contributed by atoms with Gasteiger partial charge in [0.05, 0.1) is 5.92 Å². The van der Waals surface area contributed by atoms with Crippen molar-refractivity contribution in [1.29, 1.82) is 0 Å². The number of hydrogen-bond donors (Lipinski definition) is 2. The summed E-state index contributed by atoms with van der Waals surface area (Å²) >= 11 is 6.09. The van der Waals surface area contributed by atoms with Gasteiger partial charge in [-0.1, -0.05) is 29.8 Å². The normalized spacial score (nSPS) is 22.8. The number of carbonyl (C=O) groups excluding carboxylic acids is 2. The second-order valence-electron chi connectivity index (χ2n) is 11.1. The lowest BCUT2D eigenvalue weighted by Gasteiger charge is -2.27. The second-order valence-corrected chi connectivity index (χ2v) is 11.5. The van der Waals surface area contributed by atoms with E-state index in [1.807, 2.05) is 23.1 Å². The number of aryl methyl sites for hydroxylation is 1. The maximum absolute atomic E-state index is 14.8. The fourth-order valence-electron chi connectivity index (χ4n) is 5.65. The lowest BCUT2D eigenvalue weighted by Crippen LogP contribution is -2.41. The van der Waals surface area contributed by atoms with Crippen molar-refractivity contribution in [2.24, 2.45) is 24.8 Å². The van der Waals surface area contributed by atoms with E-state index in [0.717, 1.165) is 25.3 Å². The molecule has 0 bridgehead atoms. The molecular formula is C30H34ClF2N5O3. The molecule has 1 saturated heterocycles. The predicted octanol–water partition coefficient (Wildman–Crippen LogP) is 3.77. The van der Waals surface area contributed by atoms with Gasteiger partial charge in [0, 0.05) is 67.6 Å². The smallest absolute Gasteiger partial charge is 0.266 e. The van der Waals surface area contributed by atoms with Crippen LogP contribution in [0.1, 0.15) is 43.6 Å². The Bertz CT molecular complexity index is 1420. The molecule has 2 aromatic rings. The van der Waals surface area contributed by atoms with Crippen LogP contribution in [0, 0.1) is 29.4 Å². The first-order valence-corrected chi connectivity index (χ1v) is 14.4. The van der Waals surface area contributed by atoms with E-state index in [1.165, 1.54) is 29.9 Å². The lowest BCUT2D eigenvalue weighted by molar-refractivity contribution is -0.125. The first-order chi connectivity index (χ1) is 19.7. The Morgan fingerprint density at radius 2 is 1.95 bits per heavy atom. The van der Waals surface area contributed by atoms with E-state index in [0.29, 0.717) is 30.2 Å². The topological polar surface area (TPSA) is 96.3 Å². The molecule has 1 aromatic carbocycles. The molecule has 8 nitrogen and oxygen atoms in total. The minimum Gasteiger partial charge on any atom is -0.356 e. The van der Waals surface area contributed by atoms with Crippen LogP contribution >= 0.6 is 11.6 Å². The van der Waals surface area contributed by atoms with E-state index < -0.39 is 23.5 Å². The fraction of sp³-hybridized carbons (Fsp3) is 0.467. The molecule has 1 aliphatic heterocycles. The van der Waals surface area contributed by atoms with Crippen LogP contribution in [0.2, 0.25) is 0 Å². The van der Waals surface area contributed by atoms with Gasteiger partial charge in [-0.3, -0.25) is 14.4 Å². The van der Waals surface area contributed by atoms with Crippen LogP contribution in [-0.2, 0) is 16.6 Å². The van der Waals surface area contributed by atoms with Crippen molar-refractivity contribution in [3.8, 4) is 0 Å². The summed E-state index contributed by atoms with van der Waals surface area (Å²) in [6.07, 6.45) is 9.72. The second kappa shape index (κ2) is 12.5. The van der Waals surface area contributed by atoms with Crippen LogP contribution in [0.3, 0.4) is 0 Å². The van der Waals surface area contributed by atoms with Crippen LogP contribution < -0.4 is 21.1 Å². The van der Waals surface area contributed by atoms with Crippen LogP contribution in [-0.4, -0.2) is 47.3 Å². The van der Waals surface area contributed by atoms with Crippen molar-refractivity contribution in [2.45, 2.75) is 44.1 Å². The lowest BCUT2D eigenvalue weighted by atomic mass is 9.87. The third kappa shape index (κ3) is 7.04. The number of anilines is 1. The van der Waals surface area contributed by atoms with Crippen molar-refractivity contribution in [3.05, 3.63) is 81.1 Å². The molecule has 1 aromatic heterocycles.